The third-order valence-corrected chi connectivity index (χ3v) is 10.6. The summed E-state index contributed by atoms with van der Waals surface area (Å²) >= 11 is 0. The molecule has 1 aliphatic rings. The number of H-pyrrole nitrogens is 1. The summed E-state index contributed by atoms with van der Waals surface area (Å²) in [5.74, 6) is -8.17. The lowest BCUT2D eigenvalue weighted by atomic mass is 10.0. The molecule has 10 amide bonds. The fraction of sp³-hybridized carbons (Fsp3) is 0.535. The average Bonchev–Trinajstić information content (AvgIpc) is 3.81. The number of amides is 10. The summed E-state index contributed by atoms with van der Waals surface area (Å²) < 4.78 is 0. The lowest BCUT2D eigenvalue weighted by molar-refractivity contribution is -0.136. The maximum Gasteiger partial charge on any atom is 0.245 e. The number of hydrogen-bond donors (Lipinski definition) is 14. The number of nitrogens with zero attached hydrogens (tertiary/aromatic N) is 1. The van der Waals surface area contributed by atoms with Gasteiger partial charge in [-0.25, -0.2) is 4.98 Å². The van der Waals surface area contributed by atoms with E-state index in [0.717, 1.165) is 0 Å². The Morgan fingerprint density at radius 3 is 2.07 bits per heavy atom. The highest BCUT2D eigenvalue weighted by Crippen LogP contribution is 2.10. The molecular weight excluding hydrogens is 887 g/mol. The predicted molar refractivity (Wildman–Crippen MR) is 245 cm³/mol. The molecule has 1 saturated heterocycles. The molecule has 2 aromatic rings. The van der Waals surface area contributed by atoms with Gasteiger partial charge < -0.3 is 69.6 Å². The summed E-state index contributed by atoms with van der Waals surface area (Å²) in [5.41, 5.74) is 11.7. The van der Waals surface area contributed by atoms with Crippen molar-refractivity contribution in [3.05, 3.63) is 54.1 Å². The monoisotopic (exact) mass is 952 g/mol. The molecule has 68 heavy (non-hydrogen) atoms. The summed E-state index contributed by atoms with van der Waals surface area (Å²) in [6, 6.07) is -0.850. The zero-order valence-corrected chi connectivity index (χ0v) is 38.5. The van der Waals surface area contributed by atoms with Gasteiger partial charge in [0.25, 0.3) is 0 Å². The van der Waals surface area contributed by atoms with Crippen LogP contribution in [0.25, 0.3) is 0 Å². The number of unbranched alkanes of at least 4 members (excludes halogenated alkanes) is 1. The first-order valence-corrected chi connectivity index (χ1v) is 22.4. The molecule has 0 unspecified atom stereocenters. The van der Waals surface area contributed by atoms with Crippen LogP contribution < -0.4 is 64.6 Å². The quantitative estimate of drug-likeness (QED) is 0.0409. The molecule has 0 bridgehead atoms. The van der Waals surface area contributed by atoms with Gasteiger partial charge in [-0.05, 0) is 38.2 Å². The zero-order chi connectivity index (χ0) is 50.2. The van der Waals surface area contributed by atoms with Crippen molar-refractivity contribution in [2.45, 2.75) is 127 Å². The lowest BCUT2D eigenvalue weighted by Gasteiger charge is -2.28. The highest BCUT2D eigenvalue weighted by Gasteiger charge is 2.34. The standard InChI is InChI=1S/C43H65N15O10/c1-4-5-12-28(53-25(3)59)37(63)55-30-16-18-48-34(60)14-15-35(61)50-22-33(42(68)52-24(2)36(44)62)58-38(64)29(13-9-17-49-43(45)46)54-40(66)31(19-26-10-7-6-8-11-26)56-41(67)32(57-39(30)65)20-27-21-47-23-51-27/h6-8,10-11,21,23-24,28-33H,4-5,9,12-20,22H2,1-3H3,(H2,44,62)(H,47,51)(H,48,60)(H,50,61)(H,52,68)(H,53,59)(H,54,66)(H,55,63)(H,56,67)(H,57,65)(H,58,64)(H4,45,46,49)/t24-,28-,29-,30-,31+,32-,33-/m0/s1. The molecule has 0 aliphatic carbocycles. The summed E-state index contributed by atoms with van der Waals surface area (Å²) in [6.07, 6.45) is 3.09. The molecule has 1 aromatic heterocycles. The van der Waals surface area contributed by atoms with E-state index < -0.39 is 114 Å². The number of rotatable bonds is 17. The molecule has 1 aliphatic heterocycles. The van der Waals surface area contributed by atoms with Crippen LogP contribution in [0.2, 0.25) is 0 Å². The number of nitrogens with two attached hydrogens (primary N) is 2. The van der Waals surface area contributed by atoms with E-state index >= 15 is 0 Å². The van der Waals surface area contributed by atoms with E-state index in [0.29, 0.717) is 24.1 Å². The van der Waals surface area contributed by atoms with Crippen LogP contribution >= 0.6 is 0 Å². The second kappa shape index (κ2) is 28.4. The summed E-state index contributed by atoms with van der Waals surface area (Å²) in [5, 5.41) is 33.3. The summed E-state index contributed by atoms with van der Waals surface area (Å²) in [4.78, 5) is 141. The molecule has 16 N–H and O–H groups in total. The van der Waals surface area contributed by atoms with E-state index in [1.165, 1.54) is 26.4 Å². The highest BCUT2D eigenvalue weighted by molar-refractivity contribution is 5.98. The smallest absolute Gasteiger partial charge is 0.245 e. The summed E-state index contributed by atoms with van der Waals surface area (Å²) in [7, 11) is 0. The van der Waals surface area contributed by atoms with Crippen molar-refractivity contribution >= 4 is 65.0 Å². The zero-order valence-electron chi connectivity index (χ0n) is 38.5. The van der Waals surface area contributed by atoms with Crippen molar-refractivity contribution < 1.29 is 47.9 Å². The third-order valence-electron chi connectivity index (χ3n) is 10.6. The molecule has 0 saturated carbocycles. The number of nitrogens with one attached hydrogen (secondary N) is 12. The molecule has 1 fully saturated rings. The van der Waals surface area contributed by atoms with E-state index in [-0.39, 0.29) is 64.0 Å². The molecule has 25 nitrogen and oxygen atoms in total. The van der Waals surface area contributed by atoms with Crippen LogP contribution in [0.1, 0.15) is 83.4 Å². The van der Waals surface area contributed by atoms with Gasteiger partial charge in [0.05, 0.1) is 12.0 Å². The van der Waals surface area contributed by atoms with Gasteiger partial charge in [0.1, 0.15) is 42.3 Å². The number of primary amides is 1. The van der Waals surface area contributed by atoms with Gasteiger partial charge >= 0.3 is 0 Å². The number of carbonyl (C=O) groups is 10. The number of hydrogen-bond acceptors (Lipinski definition) is 12. The van der Waals surface area contributed by atoms with Crippen LogP contribution in [-0.4, -0.2) is 137 Å². The Balaban J connectivity index is 2.11. The van der Waals surface area contributed by atoms with E-state index in [4.69, 9.17) is 16.9 Å². The molecule has 2 heterocycles. The normalized spacial score (nSPS) is 21.2. The van der Waals surface area contributed by atoms with Gasteiger partial charge in [0.15, 0.2) is 5.96 Å². The minimum Gasteiger partial charge on any atom is -0.370 e. The Hall–Kier alpha value is -7.60. The van der Waals surface area contributed by atoms with Gasteiger partial charge in [0.2, 0.25) is 59.1 Å². The van der Waals surface area contributed by atoms with E-state index in [1.54, 1.807) is 30.3 Å². The SMILES string of the molecule is CCCC[C@H](NC(C)=O)C(=O)N[C@H]1CCNC(=O)CCC(=O)NC[C@@H](C(=O)N[C@@H](C)C(N)=O)NC(=O)[C@H](CCCNC(=N)N)NC(=O)[C@@H](Cc2ccccc2)NC(=O)[C@H](Cc2c[nH]cn2)NC1=O. The maximum atomic E-state index is 14.4. The van der Waals surface area contributed by atoms with E-state index in [9.17, 15) is 47.9 Å². The van der Waals surface area contributed by atoms with Crippen LogP contribution in [-0.2, 0) is 60.8 Å². The molecule has 7 atom stereocenters. The van der Waals surface area contributed by atoms with Crippen molar-refractivity contribution in [2.24, 2.45) is 11.5 Å². The number of imidazole rings is 1. The Bertz CT molecular complexity index is 2070. The second-order valence-corrected chi connectivity index (χ2v) is 16.2. The Labute approximate surface area is 393 Å². The first-order chi connectivity index (χ1) is 32.4. The van der Waals surface area contributed by atoms with Crippen molar-refractivity contribution in [3.63, 3.8) is 0 Å². The third kappa shape index (κ3) is 19.9. The van der Waals surface area contributed by atoms with Crippen LogP contribution in [0.3, 0.4) is 0 Å². The number of guanidine groups is 1. The first-order valence-electron chi connectivity index (χ1n) is 22.4. The number of aromatic nitrogens is 2. The summed E-state index contributed by atoms with van der Waals surface area (Å²) in [6.45, 7) is 3.80. The molecule has 0 radical (unpaired) electrons. The van der Waals surface area contributed by atoms with Gasteiger partial charge in [-0.2, -0.15) is 0 Å². The highest BCUT2D eigenvalue weighted by atomic mass is 16.2. The fourth-order valence-corrected chi connectivity index (χ4v) is 6.80. The van der Waals surface area contributed by atoms with Crippen molar-refractivity contribution in [1.82, 2.24) is 63.1 Å². The Morgan fingerprint density at radius 2 is 1.46 bits per heavy atom. The van der Waals surface area contributed by atoms with Crippen molar-refractivity contribution in [3.8, 4) is 0 Å². The van der Waals surface area contributed by atoms with Crippen LogP contribution in [0.5, 0.6) is 0 Å². The molecular formula is C43H65N15O10. The molecule has 372 valence electrons. The van der Waals surface area contributed by atoms with Crippen LogP contribution in [0.15, 0.2) is 42.9 Å². The van der Waals surface area contributed by atoms with Gasteiger partial charge in [-0.3, -0.25) is 53.4 Å². The molecule has 1 aromatic carbocycles. The Morgan fingerprint density at radius 1 is 0.824 bits per heavy atom. The Kier molecular flexibility index (Phi) is 22.9. The number of benzene rings is 1. The predicted octanol–water partition coefficient (Wildman–Crippen LogP) is -4.02. The van der Waals surface area contributed by atoms with Gasteiger partial charge in [-0.1, -0.05) is 50.1 Å². The minimum absolute atomic E-state index is 0.0888. The average molecular weight is 952 g/mol. The molecule has 25 heteroatoms. The number of aromatic amines is 1. The second-order valence-electron chi connectivity index (χ2n) is 16.2. The fourth-order valence-electron chi connectivity index (χ4n) is 6.80. The molecule has 3 rings (SSSR count). The maximum absolute atomic E-state index is 14.4. The first kappa shape index (κ1) is 54.7. The minimum atomic E-state index is -1.54. The van der Waals surface area contributed by atoms with Crippen LogP contribution in [0, 0.1) is 5.41 Å². The number of carbonyl (C=O) groups excluding carboxylic acids is 10. The van der Waals surface area contributed by atoms with Crippen LogP contribution in [0.4, 0.5) is 0 Å². The topological polar surface area (TPSA) is 396 Å². The van der Waals surface area contributed by atoms with Crippen molar-refractivity contribution in [1.29, 1.82) is 5.41 Å². The lowest BCUT2D eigenvalue weighted by Crippen LogP contribution is -2.61. The van der Waals surface area contributed by atoms with E-state index in [2.05, 4.69) is 63.1 Å². The van der Waals surface area contributed by atoms with Crippen molar-refractivity contribution in [2.75, 3.05) is 19.6 Å². The van der Waals surface area contributed by atoms with E-state index in [1.807, 2.05) is 6.92 Å². The van der Waals surface area contributed by atoms with Gasteiger partial charge in [0, 0.05) is 58.4 Å². The largest absolute Gasteiger partial charge is 0.370 e. The molecule has 0 spiro atoms. The van der Waals surface area contributed by atoms with Gasteiger partial charge in [-0.15, -0.1) is 0 Å².